The minimum absolute atomic E-state index is 0.367. The Labute approximate surface area is 100 Å². The van der Waals surface area contributed by atoms with Crippen molar-refractivity contribution in [3.05, 3.63) is 35.9 Å². The smallest absolute Gasteiger partial charge is 0.164 e. The number of ether oxygens (including phenoxy) is 1. The molecule has 1 aromatic carbocycles. The fraction of sp³-hybridized carbons (Fsp3) is 0.333. The molecule has 2 aromatic rings. The molecule has 5 heteroatoms. The molecular weight excluding hydrogens is 216 g/mol. The summed E-state index contributed by atoms with van der Waals surface area (Å²) in [7, 11) is 1.83. The Bertz CT molecular complexity index is 507. The molecule has 0 atom stereocenters. The minimum Gasteiger partial charge on any atom is -0.483 e. The average molecular weight is 232 g/mol. The van der Waals surface area contributed by atoms with E-state index in [1.165, 1.54) is 11.9 Å². The van der Waals surface area contributed by atoms with Crippen LogP contribution in [0.2, 0.25) is 0 Å². The predicted molar refractivity (Wildman–Crippen MR) is 65.6 cm³/mol. The minimum atomic E-state index is 0.367. The van der Waals surface area contributed by atoms with E-state index >= 15 is 0 Å². The number of nitrogens with two attached hydrogens (primary N) is 1. The van der Waals surface area contributed by atoms with Gasteiger partial charge in [-0.25, -0.2) is 4.98 Å². The zero-order valence-electron chi connectivity index (χ0n) is 10.1. The molecule has 0 radical (unpaired) electrons. The van der Waals surface area contributed by atoms with Gasteiger partial charge in [0.05, 0.1) is 5.69 Å². The van der Waals surface area contributed by atoms with Gasteiger partial charge in [0.2, 0.25) is 0 Å². The molecule has 0 spiro atoms. The Morgan fingerprint density at radius 2 is 2.24 bits per heavy atom. The molecule has 0 aliphatic rings. The van der Waals surface area contributed by atoms with Gasteiger partial charge >= 0.3 is 0 Å². The number of benzene rings is 1. The van der Waals surface area contributed by atoms with Crippen molar-refractivity contribution in [3.8, 4) is 5.75 Å². The number of hydrogen-bond acceptors (Lipinski definition) is 4. The van der Waals surface area contributed by atoms with Crippen LogP contribution in [-0.4, -0.2) is 14.8 Å². The fourth-order valence-corrected chi connectivity index (χ4v) is 1.54. The van der Waals surface area contributed by atoms with Crippen molar-refractivity contribution in [1.29, 1.82) is 0 Å². The number of nitrogen functional groups attached to an aromatic ring is 1. The number of aryl methyl sites for hydroxylation is 2. The first kappa shape index (κ1) is 11.4. The maximum Gasteiger partial charge on any atom is 0.164 e. The van der Waals surface area contributed by atoms with E-state index in [1.54, 1.807) is 4.68 Å². The van der Waals surface area contributed by atoms with Crippen LogP contribution in [0.1, 0.15) is 18.3 Å². The zero-order valence-corrected chi connectivity index (χ0v) is 10.1. The summed E-state index contributed by atoms with van der Waals surface area (Å²) in [4.78, 5) is 4.08. The highest BCUT2D eigenvalue weighted by molar-refractivity contribution is 5.54. The van der Waals surface area contributed by atoms with E-state index in [0.29, 0.717) is 18.0 Å². The Kier molecular flexibility index (Phi) is 3.27. The van der Waals surface area contributed by atoms with E-state index in [2.05, 4.69) is 17.0 Å². The van der Waals surface area contributed by atoms with Crippen molar-refractivity contribution in [2.45, 2.75) is 20.0 Å². The summed E-state index contributed by atoms with van der Waals surface area (Å²) in [6.45, 7) is 2.46. The van der Waals surface area contributed by atoms with Crippen LogP contribution in [-0.2, 0) is 20.1 Å². The van der Waals surface area contributed by atoms with E-state index in [4.69, 9.17) is 10.5 Å². The molecule has 0 bridgehead atoms. The van der Waals surface area contributed by atoms with Gasteiger partial charge in [0.15, 0.2) is 5.82 Å². The second kappa shape index (κ2) is 4.86. The molecule has 0 aliphatic heterocycles. The van der Waals surface area contributed by atoms with Gasteiger partial charge in [0.25, 0.3) is 0 Å². The fourth-order valence-electron chi connectivity index (χ4n) is 1.54. The Morgan fingerprint density at radius 1 is 1.41 bits per heavy atom. The number of rotatable bonds is 4. The normalized spacial score (nSPS) is 10.5. The van der Waals surface area contributed by atoms with Crippen molar-refractivity contribution in [2.75, 3.05) is 5.73 Å². The summed E-state index contributed by atoms with van der Waals surface area (Å²) >= 11 is 0. The molecule has 0 amide bonds. The second-order valence-corrected chi connectivity index (χ2v) is 3.81. The van der Waals surface area contributed by atoms with Crippen molar-refractivity contribution in [3.63, 3.8) is 0 Å². The van der Waals surface area contributed by atoms with E-state index in [1.807, 2.05) is 25.2 Å². The Balaban J connectivity index is 2.07. The molecule has 5 nitrogen and oxygen atoms in total. The highest BCUT2D eigenvalue weighted by atomic mass is 16.5. The molecule has 2 rings (SSSR count). The first-order chi connectivity index (χ1) is 8.20. The third-order valence-electron chi connectivity index (χ3n) is 2.64. The van der Waals surface area contributed by atoms with E-state index in [0.717, 1.165) is 12.2 Å². The highest BCUT2D eigenvalue weighted by Gasteiger charge is 2.04. The lowest BCUT2D eigenvalue weighted by molar-refractivity contribution is 0.291. The van der Waals surface area contributed by atoms with Crippen LogP contribution in [0.4, 0.5) is 5.69 Å². The first-order valence-electron chi connectivity index (χ1n) is 5.54. The lowest BCUT2D eigenvalue weighted by Gasteiger charge is -2.09. The molecule has 0 saturated carbocycles. The van der Waals surface area contributed by atoms with Gasteiger partial charge in [0, 0.05) is 7.05 Å². The van der Waals surface area contributed by atoms with Crippen LogP contribution in [0.25, 0.3) is 0 Å². The van der Waals surface area contributed by atoms with Gasteiger partial charge in [-0.15, -0.1) is 0 Å². The molecule has 1 heterocycles. The van der Waals surface area contributed by atoms with Gasteiger partial charge in [-0.2, -0.15) is 5.10 Å². The van der Waals surface area contributed by atoms with Crippen molar-refractivity contribution < 1.29 is 4.74 Å². The van der Waals surface area contributed by atoms with E-state index < -0.39 is 0 Å². The topological polar surface area (TPSA) is 66.0 Å². The summed E-state index contributed by atoms with van der Waals surface area (Å²) in [5.74, 6) is 1.45. The summed E-state index contributed by atoms with van der Waals surface area (Å²) in [6, 6.07) is 5.85. The SMILES string of the molecule is CCc1ccc(OCc2ncnn2C)c(N)c1. The van der Waals surface area contributed by atoms with Crippen LogP contribution < -0.4 is 10.5 Å². The summed E-state index contributed by atoms with van der Waals surface area (Å²) < 4.78 is 7.29. The van der Waals surface area contributed by atoms with Gasteiger partial charge < -0.3 is 10.5 Å². The molecular formula is C12H16N4O. The van der Waals surface area contributed by atoms with Crippen LogP contribution in [0.5, 0.6) is 5.75 Å². The number of hydrogen-bond donors (Lipinski definition) is 1. The molecule has 17 heavy (non-hydrogen) atoms. The molecule has 1 aromatic heterocycles. The monoisotopic (exact) mass is 232 g/mol. The third kappa shape index (κ3) is 2.55. The maximum atomic E-state index is 5.91. The largest absolute Gasteiger partial charge is 0.483 e. The van der Waals surface area contributed by atoms with Crippen LogP contribution >= 0.6 is 0 Å². The number of anilines is 1. The third-order valence-corrected chi connectivity index (χ3v) is 2.64. The Morgan fingerprint density at radius 3 is 2.82 bits per heavy atom. The lowest BCUT2D eigenvalue weighted by Crippen LogP contribution is -2.05. The van der Waals surface area contributed by atoms with Crippen molar-refractivity contribution >= 4 is 5.69 Å². The molecule has 0 unspecified atom stereocenters. The lowest BCUT2D eigenvalue weighted by atomic mass is 10.1. The summed E-state index contributed by atoms with van der Waals surface area (Å²) in [6.07, 6.45) is 2.47. The van der Waals surface area contributed by atoms with Crippen molar-refractivity contribution in [2.24, 2.45) is 7.05 Å². The highest BCUT2D eigenvalue weighted by Crippen LogP contribution is 2.23. The molecule has 0 aliphatic carbocycles. The molecule has 0 fully saturated rings. The van der Waals surface area contributed by atoms with E-state index in [-0.39, 0.29) is 0 Å². The van der Waals surface area contributed by atoms with Gasteiger partial charge in [-0.1, -0.05) is 13.0 Å². The second-order valence-electron chi connectivity index (χ2n) is 3.81. The molecule has 90 valence electrons. The summed E-state index contributed by atoms with van der Waals surface area (Å²) in [5, 5.41) is 3.97. The van der Waals surface area contributed by atoms with Gasteiger partial charge in [-0.3, -0.25) is 4.68 Å². The van der Waals surface area contributed by atoms with Crippen molar-refractivity contribution in [1.82, 2.24) is 14.8 Å². The molecule has 0 saturated heterocycles. The first-order valence-corrected chi connectivity index (χ1v) is 5.54. The van der Waals surface area contributed by atoms with E-state index in [9.17, 15) is 0 Å². The van der Waals surface area contributed by atoms with Gasteiger partial charge in [-0.05, 0) is 24.1 Å². The van der Waals surface area contributed by atoms with Crippen LogP contribution in [0, 0.1) is 0 Å². The number of nitrogens with zero attached hydrogens (tertiary/aromatic N) is 3. The van der Waals surface area contributed by atoms with Crippen LogP contribution in [0.15, 0.2) is 24.5 Å². The van der Waals surface area contributed by atoms with Crippen LogP contribution in [0.3, 0.4) is 0 Å². The summed E-state index contributed by atoms with van der Waals surface area (Å²) in [5.41, 5.74) is 7.77. The molecule has 2 N–H and O–H groups in total. The Hall–Kier alpha value is -2.04. The quantitative estimate of drug-likeness (QED) is 0.812. The standard InChI is InChI=1S/C12H16N4O/c1-3-9-4-5-11(10(13)6-9)17-7-12-14-8-15-16(12)2/h4-6,8H,3,7,13H2,1-2H3. The number of aromatic nitrogens is 3. The van der Waals surface area contributed by atoms with Gasteiger partial charge in [0.1, 0.15) is 18.7 Å². The zero-order chi connectivity index (χ0) is 12.3. The average Bonchev–Trinajstić information content (AvgIpc) is 2.73. The predicted octanol–water partition coefficient (Wildman–Crippen LogP) is 1.54. The maximum absolute atomic E-state index is 5.91.